The highest BCUT2D eigenvalue weighted by Crippen LogP contribution is 2.38. The lowest BCUT2D eigenvalue weighted by atomic mass is 9.96. The van der Waals surface area contributed by atoms with Gasteiger partial charge in [-0.1, -0.05) is 18.1 Å². The smallest absolute Gasteiger partial charge is 0.318 e. The van der Waals surface area contributed by atoms with Crippen molar-refractivity contribution in [2.75, 3.05) is 68.8 Å². The van der Waals surface area contributed by atoms with Gasteiger partial charge < -0.3 is 29.6 Å². The number of nitrogens with zero attached hydrogens (tertiary/aromatic N) is 5. The molecule has 1 aromatic carbocycles. The first-order valence-corrected chi connectivity index (χ1v) is 12.9. The minimum Gasteiger partial charge on any atom is -0.467 e. The van der Waals surface area contributed by atoms with Gasteiger partial charge in [0.05, 0.1) is 25.0 Å². The number of nitrogen functional groups attached to an aromatic ring is 1. The number of nitrogens with two attached hydrogens (primary N) is 1. The fourth-order valence-electron chi connectivity index (χ4n) is 5.10. The quantitative estimate of drug-likeness (QED) is 0.337. The maximum atomic E-state index is 12.4. The average molecular weight is 520 g/mol. The number of hydrazine groups is 1. The Labute approximate surface area is 224 Å². The highest BCUT2D eigenvalue weighted by Gasteiger charge is 2.30. The Balaban J connectivity index is 1.62. The van der Waals surface area contributed by atoms with E-state index in [0.29, 0.717) is 38.7 Å². The first-order chi connectivity index (χ1) is 18.4. The molecule has 2 aliphatic rings. The van der Waals surface area contributed by atoms with E-state index in [1.807, 2.05) is 13.0 Å². The molecule has 0 radical (unpaired) electrons. The van der Waals surface area contributed by atoms with Gasteiger partial charge in [-0.15, -0.1) is 0 Å². The van der Waals surface area contributed by atoms with Crippen molar-refractivity contribution in [2.24, 2.45) is 5.84 Å². The van der Waals surface area contributed by atoms with E-state index >= 15 is 0 Å². The van der Waals surface area contributed by atoms with Crippen LogP contribution in [0.3, 0.4) is 0 Å². The van der Waals surface area contributed by atoms with Crippen LogP contribution in [0.2, 0.25) is 0 Å². The first kappa shape index (κ1) is 27.2. The van der Waals surface area contributed by atoms with Crippen LogP contribution in [-0.4, -0.2) is 74.3 Å². The van der Waals surface area contributed by atoms with Crippen LogP contribution >= 0.6 is 0 Å². The van der Waals surface area contributed by atoms with E-state index < -0.39 is 0 Å². The Morgan fingerprint density at radius 3 is 2.58 bits per heavy atom. The van der Waals surface area contributed by atoms with E-state index in [0.717, 1.165) is 47.0 Å². The fraction of sp³-hybridized carbons (Fsp3) is 0.464. The number of anilines is 3. The lowest BCUT2D eigenvalue weighted by Gasteiger charge is -2.38. The molecule has 0 unspecified atom stereocenters. The standard InChI is InChI=1S/C28H37N7O3/c1-6-8-21-23(32-29)17-19(2)20(3)26(21)35-11-10-22-24(18-35)30-28(38-5)31-27(22)34-14-12-33(13-15-34)25(36)9-7-16-37-4/h6,8,17,32H,10-16,18,29H2,1-5H3/b8-6+. The largest absolute Gasteiger partial charge is 0.467 e. The van der Waals surface area contributed by atoms with Gasteiger partial charge in [-0.05, 0) is 50.3 Å². The van der Waals surface area contributed by atoms with Crippen LogP contribution in [-0.2, 0) is 22.5 Å². The summed E-state index contributed by atoms with van der Waals surface area (Å²) in [5.41, 5.74) is 10.5. The summed E-state index contributed by atoms with van der Waals surface area (Å²) in [6, 6.07) is 2.44. The van der Waals surface area contributed by atoms with Crippen LogP contribution < -0.4 is 25.8 Å². The predicted octanol–water partition coefficient (Wildman–Crippen LogP) is 2.28. The molecule has 0 bridgehead atoms. The second kappa shape index (κ2) is 12.2. The molecule has 1 aromatic heterocycles. The summed E-state index contributed by atoms with van der Waals surface area (Å²) >= 11 is 0. The van der Waals surface area contributed by atoms with Crippen LogP contribution in [0.5, 0.6) is 6.01 Å². The topological polar surface area (TPSA) is 109 Å². The van der Waals surface area contributed by atoms with Crippen LogP contribution in [0, 0.1) is 25.7 Å². The van der Waals surface area contributed by atoms with Crippen LogP contribution in [0.1, 0.15) is 34.9 Å². The Kier molecular flexibility index (Phi) is 8.71. The molecule has 1 fully saturated rings. The summed E-state index contributed by atoms with van der Waals surface area (Å²) in [7, 11) is 3.15. The highest BCUT2D eigenvalue weighted by atomic mass is 16.5. The van der Waals surface area contributed by atoms with E-state index in [2.05, 4.69) is 53.1 Å². The number of nitrogens with one attached hydrogen (secondary N) is 1. The molecule has 2 aromatic rings. The van der Waals surface area contributed by atoms with Crippen molar-refractivity contribution < 1.29 is 14.3 Å². The summed E-state index contributed by atoms with van der Waals surface area (Å²) in [6.07, 6.45) is 4.92. The maximum absolute atomic E-state index is 12.4. The van der Waals surface area contributed by atoms with Gasteiger partial charge in [0, 0.05) is 56.6 Å². The number of rotatable bonds is 6. The Bertz CT molecular complexity index is 1270. The molecule has 38 heavy (non-hydrogen) atoms. The SMILES string of the molecule is C/C=C/c1c(NN)cc(C)c(C)c1N1CCc2c(nc(OC)nc2N2CCN(C(=O)C#CCOC)CC2)C1. The van der Waals surface area contributed by atoms with Crippen molar-refractivity contribution >= 4 is 29.2 Å². The van der Waals surface area contributed by atoms with Crippen molar-refractivity contribution in [3.05, 3.63) is 40.1 Å². The maximum Gasteiger partial charge on any atom is 0.318 e. The zero-order chi connectivity index (χ0) is 27.2. The molecule has 0 saturated carbocycles. The Morgan fingerprint density at radius 1 is 1.16 bits per heavy atom. The third-order valence-corrected chi connectivity index (χ3v) is 7.14. The number of methoxy groups -OCH3 is 2. The second-order valence-corrected chi connectivity index (χ2v) is 9.42. The summed E-state index contributed by atoms with van der Waals surface area (Å²) < 4.78 is 10.4. The number of fused-ring (bicyclic) bond motifs is 1. The molecule has 10 nitrogen and oxygen atoms in total. The lowest BCUT2D eigenvalue weighted by molar-refractivity contribution is -0.125. The molecule has 202 valence electrons. The zero-order valence-electron chi connectivity index (χ0n) is 22.9. The number of allylic oxidation sites excluding steroid dienone is 1. The van der Waals surface area contributed by atoms with E-state index in [9.17, 15) is 4.79 Å². The van der Waals surface area contributed by atoms with Crippen molar-refractivity contribution in [1.29, 1.82) is 0 Å². The lowest BCUT2D eigenvalue weighted by Crippen LogP contribution is -2.49. The summed E-state index contributed by atoms with van der Waals surface area (Å²) in [5.74, 6) is 12.0. The van der Waals surface area contributed by atoms with E-state index in [1.54, 1.807) is 19.1 Å². The molecule has 2 aliphatic heterocycles. The number of amides is 1. The van der Waals surface area contributed by atoms with Crippen molar-refractivity contribution in [3.8, 4) is 17.9 Å². The molecule has 4 rings (SSSR count). The highest BCUT2D eigenvalue weighted by molar-refractivity contribution is 5.93. The number of carbonyl (C=O) groups is 1. The number of carbonyl (C=O) groups excluding carboxylic acids is 1. The van der Waals surface area contributed by atoms with Gasteiger partial charge in [0.1, 0.15) is 12.4 Å². The van der Waals surface area contributed by atoms with Gasteiger partial charge in [0.2, 0.25) is 0 Å². The number of hydrogen-bond acceptors (Lipinski definition) is 9. The number of ether oxygens (including phenoxy) is 2. The molecule has 1 saturated heterocycles. The Hall–Kier alpha value is -3.81. The molecule has 0 aliphatic carbocycles. The van der Waals surface area contributed by atoms with Crippen LogP contribution in [0.15, 0.2) is 12.1 Å². The number of aryl methyl sites for hydroxylation is 1. The Morgan fingerprint density at radius 2 is 1.92 bits per heavy atom. The van der Waals surface area contributed by atoms with Crippen LogP contribution in [0.4, 0.5) is 17.2 Å². The fourth-order valence-corrected chi connectivity index (χ4v) is 5.10. The van der Waals surface area contributed by atoms with Gasteiger partial charge in [-0.2, -0.15) is 9.97 Å². The summed E-state index contributed by atoms with van der Waals surface area (Å²) in [6.45, 7) is 10.5. The number of piperazine rings is 1. The normalized spacial score (nSPS) is 15.3. The number of hydrogen-bond donors (Lipinski definition) is 2. The molecule has 3 N–H and O–H groups in total. The molecular formula is C28H37N7O3. The molecule has 0 atom stereocenters. The monoisotopic (exact) mass is 519 g/mol. The zero-order valence-corrected chi connectivity index (χ0v) is 22.9. The van der Waals surface area contributed by atoms with Crippen molar-refractivity contribution in [2.45, 2.75) is 33.7 Å². The molecule has 0 spiro atoms. The third-order valence-electron chi connectivity index (χ3n) is 7.14. The van der Waals surface area contributed by atoms with Gasteiger partial charge in [-0.3, -0.25) is 10.6 Å². The average Bonchev–Trinajstić information content (AvgIpc) is 2.94. The molecule has 1 amide bonds. The van der Waals surface area contributed by atoms with Gasteiger partial charge in [0.25, 0.3) is 5.91 Å². The minimum atomic E-state index is -0.170. The second-order valence-electron chi connectivity index (χ2n) is 9.42. The van der Waals surface area contributed by atoms with Crippen molar-refractivity contribution in [3.63, 3.8) is 0 Å². The minimum absolute atomic E-state index is 0.170. The van der Waals surface area contributed by atoms with Crippen LogP contribution in [0.25, 0.3) is 6.08 Å². The molecule has 10 heteroatoms. The van der Waals surface area contributed by atoms with Crippen molar-refractivity contribution in [1.82, 2.24) is 14.9 Å². The van der Waals surface area contributed by atoms with Gasteiger partial charge in [0.15, 0.2) is 0 Å². The van der Waals surface area contributed by atoms with E-state index in [-0.39, 0.29) is 12.5 Å². The third kappa shape index (κ3) is 5.54. The number of aromatic nitrogens is 2. The molecule has 3 heterocycles. The first-order valence-electron chi connectivity index (χ1n) is 12.9. The van der Waals surface area contributed by atoms with E-state index in [1.165, 1.54) is 11.1 Å². The van der Waals surface area contributed by atoms with Gasteiger partial charge >= 0.3 is 6.01 Å². The molecular weight excluding hydrogens is 482 g/mol. The predicted molar refractivity (Wildman–Crippen MR) is 150 cm³/mol. The summed E-state index contributed by atoms with van der Waals surface area (Å²) in [4.78, 5) is 28.3. The number of benzene rings is 1. The van der Waals surface area contributed by atoms with Gasteiger partial charge in [-0.25, -0.2) is 0 Å². The summed E-state index contributed by atoms with van der Waals surface area (Å²) in [5, 5.41) is 0. The van der Waals surface area contributed by atoms with E-state index in [4.69, 9.17) is 25.3 Å².